The summed E-state index contributed by atoms with van der Waals surface area (Å²) in [7, 11) is 0. The number of rotatable bonds is 3. The van der Waals surface area contributed by atoms with Crippen LogP contribution in [0.1, 0.15) is 31.2 Å². The Morgan fingerprint density at radius 1 is 1.41 bits per heavy atom. The first kappa shape index (κ1) is 12.6. The van der Waals surface area contributed by atoms with Crippen LogP contribution in [0.2, 0.25) is 0 Å². The van der Waals surface area contributed by atoms with Gasteiger partial charge in [-0.2, -0.15) is 0 Å². The number of aliphatic carboxylic acids is 1. The van der Waals surface area contributed by atoms with E-state index in [1.807, 2.05) is 12.3 Å². The molecule has 2 atom stereocenters. The Hall–Kier alpha value is -0.900. The van der Waals surface area contributed by atoms with E-state index >= 15 is 0 Å². The van der Waals surface area contributed by atoms with Crippen LogP contribution in [0.25, 0.3) is 0 Å². The van der Waals surface area contributed by atoms with Gasteiger partial charge in [0.25, 0.3) is 0 Å². The van der Waals surface area contributed by atoms with Crippen molar-refractivity contribution >= 4 is 21.9 Å². The van der Waals surface area contributed by atoms with Gasteiger partial charge >= 0.3 is 5.97 Å². The van der Waals surface area contributed by atoms with E-state index in [1.165, 1.54) is 0 Å². The summed E-state index contributed by atoms with van der Waals surface area (Å²) < 4.78 is 0.956. The van der Waals surface area contributed by atoms with Gasteiger partial charge in [0.15, 0.2) is 0 Å². The number of hydrogen-bond acceptors (Lipinski definition) is 2. The van der Waals surface area contributed by atoms with Crippen LogP contribution in [0, 0.1) is 11.8 Å². The van der Waals surface area contributed by atoms with Gasteiger partial charge in [0, 0.05) is 16.9 Å². The average Bonchev–Trinajstić information content (AvgIpc) is 2.29. The molecule has 92 valence electrons. The summed E-state index contributed by atoms with van der Waals surface area (Å²) in [4.78, 5) is 15.3. The van der Waals surface area contributed by atoms with Gasteiger partial charge in [0.2, 0.25) is 0 Å². The van der Waals surface area contributed by atoms with Crippen LogP contribution in [0.15, 0.2) is 22.9 Å². The first-order valence-electron chi connectivity index (χ1n) is 5.99. The monoisotopic (exact) mass is 297 g/mol. The highest BCUT2D eigenvalue weighted by atomic mass is 79.9. The van der Waals surface area contributed by atoms with Crippen molar-refractivity contribution in [2.75, 3.05) is 0 Å². The van der Waals surface area contributed by atoms with Gasteiger partial charge in [-0.05, 0) is 52.7 Å². The van der Waals surface area contributed by atoms with Crippen molar-refractivity contribution in [2.45, 2.75) is 32.1 Å². The fraction of sp³-hybridized carbons (Fsp3) is 0.538. The van der Waals surface area contributed by atoms with Crippen molar-refractivity contribution in [3.05, 3.63) is 28.5 Å². The third-order valence-electron chi connectivity index (χ3n) is 3.49. The van der Waals surface area contributed by atoms with E-state index in [0.717, 1.165) is 42.1 Å². The topological polar surface area (TPSA) is 50.2 Å². The third kappa shape index (κ3) is 3.28. The van der Waals surface area contributed by atoms with Crippen molar-refractivity contribution < 1.29 is 9.90 Å². The largest absolute Gasteiger partial charge is 0.481 e. The Morgan fingerprint density at radius 3 is 2.88 bits per heavy atom. The fourth-order valence-corrected chi connectivity index (χ4v) is 3.06. The van der Waals surface area contributed by atoms with Crippen LogP contribution in [-0.2, 0) is 11.2 Å². The average molecular weight is 298 g/mol. The second-order valence-electron chi connectivity index (χ2n) is 4.70. The second-order valence-corrected chi connectivity index (χ2v) is 5.62. The molecule has 1 heterocycles. The van der Waals surface area contributed by atoms with E-state index in [0.29, 0.717) is 0 Å². The lowest BCUT2D eigenvalue weighted by molar-refractivity contribution is -0.144. The summed E-state index contributed by atoms with van der Waals surface area (Å²) in [6, 6.07) is 2.03. The minimum Gasteiger partial charge on any atom is -0.481 e. The molecule has 0 saturated heterocycles. The summed E-state index contributed by atoms with van der Waals surface area (Å²) in [6.07, 6.45) is 8.44. The zero-order chi connectivity index (χ0) is 12.3. The van der Waals surface area contributed by atoms with Crippen LogP contribution in [0.3, 0.4) is 0 Å². The summed E-state index contributed by atoms with van der Waals surface area (Å²) in [5.41, 5.74) is 1.12. The highest BCUT2D eigenvalue weighted by molar-refractivity contribution is 9.10. The van der Waals surface area contributed by atoms with E-state index in [4.69, 9.17) is 0 Å². The van der Waals surface area contributed by atoms with Crippen LogP contribution in [-0.4, -0.2) is 16.1 Å². The molecule has 17 heavy (non-hydrogen) atoms. The number of halogens is 1. The number of carboxylic acid groups (broad SMARTS) is 1. The van der Waals surface area contributed by atoms with Gasteiger partial charge < -0.3 is 5.11 Å². The standard InChI is InChI=1S/C13H16BrNO2/c14-11-6-9(7-15-8-11)5-10-3-1-2-4-12(10)13(16)17/h6-8,10,12H,1-5H2,(H,16,17). The molecule has 1 aromatic heterocycles. The Morgan fingerprint density at radius 2 is 2.18 bits per heavy atom. The predicted molar refractivity (Wildman–Crippen MR) is 68.7 cm³/mol. The van der Waals surface area contributed by atoms with Gasteiger partial charge in [0.05, 0.1) is 5.92 Å². The maximum Gasteiger partial charge on any atom is 0.306 e. The predicted octanol–water partition coefficient (Wildman–Crippen LogP) is 3.28. The maximum absolute atomic E-state index is 11.2. The Bertz CT molecular complexity index is 408. The number of pyridine rings is 1. The van der Waals surface area contributed by atoms with Crippen LogP contribution in [0.5, 0.6) is 0 Å². The molecular formula is C13H16BrNO2. The van der Waals surface area contributed by atoms with E-state index in [9.17, 15) is 9.90 Å². The molecule has 1 aliphatic carbocycles. The van der Waals surface area contributed by atoms with E-state index < -0.39 is 5.97 Å². The highest BCUT2D eigenvalue weighted by Gasteiger charge is 2.30. The molecule has 1 aliphatic rings. The molecule has 0 aliphatic heterocycles. The molecule has 1 saturated carbocycles. The minimum atomic E-state index is -0.641. The van der Waals surface area contributed by atoms with E-state index in [2.05, 4.69) is 20.9 Å². The quantitative estimate of drug-likeness (QED) is 0.931. The van der Waals surface area contributed by atoms with Crippen LogP contribution < -0.4 is 0 Å². The zero-order valence-electron chi connectivity index (χ0n) is 9.60. The summed E-state index contributed by atoms with van der Waals surface area (Å²) >= 11 is 3.39. The summed E-state index contributed by atoms with van der Waals surface area (Å²) in [6.45, 7) is 0. The Balaban J connectivity index is 2.08. The zero-order valence-corrected chi connectivity index (χ0v) is 11.2. The minimum absolute atomic E-state index is 0.178. The van der Waals surface area contributed by atoms with Gasteiger partial charge in [-0.15, -0.1) is 0 Å². The van der Waals surface area contributed by atoms with Crippen molar-refractivity contribution in [1.29, 1.82) is 0 Å². The lowest BCUT2D eigenvalue weighted by Gasteiger charge is -2.28. The third-order valence-corrected chi connectivity index (χ3v) is 3.92. The summed E-state index contributed by atoms with van der Waals surface area (Å²) in [5, 5.41) is 9.22. The molecule has 0 radical (unpaired) electrons. The van der Waals surface area contributed by atoms with Crippen molar-refractivity contribution in [3.63, 3.8) is 0 Å². The molecule has 3 nitrogen and oxygen atoms in total. The molecule has 1 N–H and O–H groups in total. The first-order valence-corrected chi connectivity index (χ1v) is 6.78. The number of nitrogens with zero attached hydrogens (tertiary/aromatic N) is 1. The number of aromatic nitrogens is 1. The number of carbonyl (C=O) groups is 1. The highest BCUT2D eigenvalue weighted by Crippen LogP contribution is 2.32. The number of carboxylic acids is 1. The molecule has 1 fully saturated rings. The van der Waals surface area contributed by atoms with E-state index in [1.54, 1.807) is 6.20 Å². The SMILES string of the molecule is O=C(O)C1CCCCC1Cc1cncc(Br)c1. The molecule has 0 spiro atoms. The molecule has 4 heteroatoms. The Kier molecular flexibility index (Phi) is 4.15. The first-order chi connectivity index (χ1) is 8.16. The molecule has 2 rings (SSSR count). The van der Waals surface area contributed by atoms with Gasteiger partial charge in [0.1, 0.15) is 0 Å². The summed E-state index contributed by atoms with van der Waals surface area (Å²) in [5.74, 6) is -0.558. The second kappa shape index (κ2) is 5.63. The number of hydrogen-bond donors (Lipinski definition) is 1. The van der Waals surface area contributed by atoms with Gasteiger partial charge in [-0.3, -0.25) is 9.78 Å². The fourth-order valence-electron chi connectivity index (χ4n) is 2.65. The van der Waals surface area contributed by atoms with Crippen LogP contribution in [0.4, 0.5) is 0 Å². The van der Waals surface area contributed by atoms with E-state index in [-0.39, 0.29) is 11.8 Å². The van der Waals surface area contributed by atoms with Crippen LogP contribution >= 0.6 is 15.9 Å². The van der Waals surface area contributed by atoms with Crippen molar-refractivity contribution in [2.24, 2.45) is 11.8 Å². The molecule has 0 amide bonds. The molecular weight excluding hydrogens is 282 g/mol. The normalized spacial score (nSPS) is 24.5. The van der Waals surface area contributed by atoms with Gasteiger partial charge in [-0.25, -0.2) is 0 Å². The maximum atomic E-state index is 11.2. The lowest BCUT2D eigenvalue weighted by atomic mass is 9.76. The lowest BCUT2D eigenvalue weighted by Crippen LogP contribution is -2.28. The van der Waals surface area contributed by atoms with Crippen molar-refractivity contribution in [3.8, 4) is 0 Å². The molecule has 2 unspecified atom stereocenters. The smallest absolute Gasteiger partial charge is 0.306 e. The molecule has 1 aromatic rings. The Labute approximate surface area is 109 Å². The molecule has 0 aromatic carbocycles. The van der Waals surface area contributed by atoms with Crippen molar-refractivity contribution in [1.82, 2.24) is 4.98 Å². The molecule has 0 bridgehead atoms. The van der Waals surface area contributed by atoms with Gasteiger partial charge in [-0.1, -0.05) is 12.8 Å².